The summed E-state index contributed by atoms with van der Waals surface area (Å²) < 4.78 is 1.07. The third-order valence-electron chi connectivity index (χ3n) is 2.40. The molecule has 4 heteroatoms. The summed E-state index contributed by atoms with van der Waals surface area (Å²) in [5, 5.41) is 3.07. The zero-order valence-electron chi connectivity index (χ0n) is 8.98. The minimum absolute atomic E-state index is 0.0610. The van der Waals surface area contributed by atoms with Crippen molar-refractivity contribution in [1.29, 1.82) is 0 Å². The molecule has 1 heterocycles. The Morgan fingerprint density at radius 1 is 1.50 bits per heavy atom. The van der Waals surface area contributed by atoms with Crippen molar-refractivity contribution in [3.63, 3.8) is 0 Å². The Morgan fingerprint density at radius 2 is 2.31 bits per heavy atom. The summed E-state index contributed by atoms with van der Waals surface area (Å²) in [6, 6.07) is 8.20. The minimum Gasteiger partial charge on any atom is -0.322 e. The monoisotopic (exact) mass is 296 g/mol. The van der Waals surface area contributed by atoms with Crippen LogP contribution in [0.4, 0.5) is 0 Å². The number of halogens is 1. The Morgan fingerprint density at radius 3 is 3.00 bits per heavy atom. The predicted octanol–water partition coefficient (Wildman–Crippen LogP) is 3.98. The molecule has 0 saturated carbocycles. The van der Waals surface area contributed by atoms with Crippen LogP contribution in [0.3, 0.4) is 0 Å². The molecule has 2 nitrogen and oxygen atoms in total. The molecule has 0 aliphatic rings. The number of benzene rings is 1. The summed E-state index contributed by atoms with van der Waals surface area (Å²) in [5.41, 5.74) is 8.08. The van der Waals surface area contributed by atoms with Crippen molar-refractivity contribution in [1.82, 2.24) is 4.98 Å². The van der Waals surface area contributed by atoms with Gasteiger partial charge >= 0.3 is 0 Å². The molecule has 0 bridgehead atoms. The molecule has 0 fully saturated rings. The molecule has 0 saturated heterocycles. The fourth-order valence-corrected chi connectivity index (χ4v) is 2.73. The van der Waals surface area contributed by atoms with Gasteiger partial charge in [0.05, 0.1) is 11.7 Å². The van der Waals surface area contributed by atoms with Gasteiger partial charge in [0.15, 0.2) is 0 Å². The lowest BCUT2D eigenvalue weighted by Crippen LogP contribution is -2.07. The predicted molar refractivity (Wildman–Crippen MR) is 72.5 cm³/mol. The van der Waals surface area contributed by atoms with Gasteiger partial charge in [0, 0.05) is 15.4 Å². The van der Waals surface area contributed by atoms with Crippen molar-refractivity contribution in [3.05, 3.63) is 39.1 Å². The number of nitrogens with zero attached hydrogens (tertiary/aromatic N) is 1. The molecule has 0 radical (unpaired) electrons. The molecule has 1 unspecified atom stereocenters. The first-order valence-electron chi connectivity index (χ1n) is 5.17. The normalized spacial score (nSPS) is 12.7. The van der Waals surface area contributed by atoms with Crippen LogP contribution in [0.1, 0.15) is 24.4 Å². The maximum atomic E-state index is 5.95. The molecule has 1 aromatic heterocycles. The van der Waals surface area contributed by atoms with Gasteiger partial charge in [-0.05, 0) is 18.6 Å². The van der Waals surface area contributed by atoms with Crippen LogP contribution in [0, 0.1) is 0 Å². The van der Waals surface area contributed by atoms with E-state index in [4.69, 9.17) is 5.73 Å². The highest BCUT2D eigenvalue weighted by atomic mass is 79.9. The second-order valence-electron chi connectivity index (χ2n) is 3.60. The maximum absolute atomic E-state index is 5.95. The summed E-state index contributed by atoms with van der Waals surface area (Å²) in [7, 11) is 0. The zero-order chi connectivity index (χ0) is 11.5. The van der Waals surface area contributed by atoms with Gasteiger partial charge in [-0.25, -0.2) is 4.98 Å². The second kappa shape index (κ2) is 5.08. The van der Waals surface area contributed by atoms with Crippen LogP contribution in [0.25, 0.3) is 11.3 Å². The van der Waals surface area contributed by atoms with Crippen molar-refractivity contribution in [2.45, 2.75) is 19.4 Å². The molecule has 1 atom stereocenters. The third kappa shape index (κ3) is 2.51. The lowest BCUT2D eigenvalue weighted by atomic mass is 10.2. The van der Waals surface area contributed by atoms with Crippen LogP contribution in [0.2, 0.25) is 0 Å². The number of rotatable bonds is 3. The average Bonchev–Trinajstić information content (AvgIpc) is 2.77. The zero-order valence-corrected chi connectivity index (χ0v) is 11.4. The van der Waals surface area contributed by atoms with Gasteiger partial charge in [-0.3, -0.25) is 0 Å². The van der Waals surface area contributed by atoms with Crippen molar-refractivity contribution < 1.29 is 0 Å². The molecule has 0 spiro atoms. The largest absolute Gasteiger partial charge is 0.322 e. The van der Waals surface area contributed by atoms with Crippen LogP contribution in [0.15, 0.2) is 34.1 Å². The number of hydrogen-bond acceptors (Lipinski definition) is 3. The third-order valence-corrected chi connectivity index (χ3v) is 3.87. The topological polar surface area (TPSA) is 38.9 Å². The molecular formula is C12H13BrN2S. The van der Waals surface area contributed by atoms with Gasteiger partial charge in [-0.2, -0.15) is 0 Å². The SMILES string of the molecule is CCC(N)c1nc(-c2cccc(Br)c2)cs1. The Balaban J connectivity index is 2.31. The first kappa shape index (κ1) is 11.8. The van der Waals surface area contributed by atoms with Crippen LogP contribution < -0.4 is 5.73 Å². The Kier molecular flexibility index (Phi) is 3.74. The lowest BCUT2D eigenvalue weighted by Gasteiger charge is -2.02. The summed E-state index contributed by atoms with van der Waals surface area (Å²) in [6.07, 6.45) is 0.922. The van der Waals surface area contributed by atoms with Gasteiger partial charge in [-0.15, -0.1) is 11.3 Å². The number of aromatic nitrogens is 1. The molecule has 2 aromatic rings. The van der Waals surface area contributed by atoms with E-state index in [-0.39, 0.29) is 6.04 Å². The van der Waals surface area contributed by atoms with E-state index in [1.807, 2.05) is 12.1 Å². The van der Waals surface area contributed by atoms with Crippen molar-refractivity contribution in [2.24, 2.45) is 5.73 Å². The van der Waals surface area contributed by atoms with Crippen LogP contribution in [0.5, 0.6) is 0 Å². The van der Waals surface area contributed by atoms with Gasteiger partial charge in [-0.1, -0.05) is 35.0 Å². The molecule has 0 aliphatic heterocycles. The maximum Gasteiger partial charge on any atom is 0.110 e. The minimum atomic E-state index is 0.0610. The van der Waals surface area contributed by atoms with E-state index in [1.54, 1.807) is 11.3 Å². The smallest absolute Gasteiger partial charge is 0.110 e. The standard InChI is InChI=1S/C12H13BrN2S/c1-2-10(14)12-15-11(7-16-12)8-4-3-5-9(13)6-8/h3-7,10H,2,14H2,1H3. The van der Waals surface area contributed by atoms with Gasteiger partial charge in [0.25, 0.3) is 0 Å². The van der Waals surface area contributed by atoms with Crippen LogP contribution >= 0.6 is 27.3 Å². The lowest BCUT2D eigenvalue weighted by molar-refractivity contribution is 0.693. The summed E-state index contributed by atoms with van der Waals surface area (Å²) in [5.74, 6) is 0. The summed E-state index contributed by atoms with van der Waals surface area (Å²) in [4.78, 5) is 4.57. The van der Waals surface area contributed by atoms with Crippen LogP contribution in [-0.4, -0.2) is 4.98 Å². The van der Waals surface area contributed by atoms with E-state index in [9.17, 15) is 0 Å². The van der Waals surface area contributed by atoms with Crippen LogP contribution in [-0.2, 0) is 0 Å². The Labute approximate surface area is 108 Å². The van der Waals surface area contributed by atoms with Crippen molar-refractivity contribution >= 4 is 27.3 Å². The van der Waals surface area contributed by atoms with E-state index in [0.29, 0.717) is 0 Å². The highest BCUT2D eigenvalue weighted by molar-refractivity contribution is 9.10. The van der Waals surface area contributed by atoms with Gasteiger partial charge in [0.1, 0.15) is 5.01 Å². The number of hydrogen-bond donors (Lipinski definition) is 1. The van der Waals surface area contributed by atoms with Gasteiger partial charge in [0.2, 0.25) is 0 Å². The molecule has 2 rings (SSSR count). The number of thiazole rings is 1. The average molecular weight is 297 g/mol. The molecule has 0 aliphatic carbocycles. The summed E-state index contributed by atoms with van der Waals surface area (Å²) in [6.45, 7) is 2.07. The summed E-state index contributed by atoms with van der Waals surface area (Å²) >= 11 is 5.09. The van der Waals surface area contributed by atoms with E-state index in [1.165, 1.54) is 0 Å². The van der Waals surface area contributed by atoms with E-state index in [0.717, 1.165) is 27.2 Å². The van der Waals surface area contributed by atoms with Crippen molar-refractivity contribution in [2.75, 3.05) is 0 Å². The van der Waals surface area contributed by atoms with E-state index in [2.05, 4.69) is 45.4 Å². The Hall–Kier alpha value is -0.710. The molecule has 84 valence electrons. The second-order valence-corrected chi connectivity index (χ2v) is 5.40. The molecule has 1 aromatic carbocycles. The molecule has 2 N–H and O–H groups in total. The fourth-order valence-electron chi connectivity index (χ4n) is 1.41. The fraction of sp³-hybridized carbons (Fsp3) is 0.250. The molecular weight excluding hydrogens is 284 g/mol. The number of nitrogens with two attached hydrogens (primary N) is 1. The molecule has 0 amide bonds. The first-order chi connectivity index (χ1) is 7.70. The van der Waals surface area contributed by atoms with E-state index < -0.39 is 0 Å². The quantitative estimate of drug-likeness (QED) is 0.930. The Bertz CT molecular complexity index is 481. The highest BCUT2D eigenvalue weighted by Gasteiger charge is 2.09. The van der Waals surface area contributed by atoms with E-state index >= 15 is 0 Å². The van der Waals surface area contributed by atoms with Crippen molar-refractivity contribution in [3.8, 4) is 11.3 Å². The highest BCUT2D eigenvalue weighted by Crippen LogP contribution is 2.27. The molecule has 16 heavy (non-hydrogen) atoms. The first-order valence-corrected chi connectivity index (χ1v) is 6.85. The van der Waals surface area contributed by atoms with Gasteiger partial charge < -0.3 is 5.73 Å².